The van der Waals surface area contributed by atoms with E-state index in [2.05, 4.69) is 35.0 Å². The van der Waals surface area contributed by atoms with Crippen molar-refractivity contribution in [2.45, 2.75) is 33.1 Å². The number of rotatable bonds is 13. The summed E-state index contributed by atoms with van der Waals surface area (Å²) in [4.78, 5) is 30.5. The molecule has 0 aliphatic carbocycles. The van der Waals surface area contributed by atoms with Gasteiger partial charge in [0.05, 0.1) is 36.8 Å². The van der Waals surface area contributed by atoms with Crippen LogP contribution in [0.2, 0.25) is 0 Å². The van der Waals surface area contributed by atoms with Gasteiger partial charge < -0.3 is 29.7 Å². The van der Waals surface area contributed by atoms with Gasteiger partial charge in [0, 0.05) is 48.9 Å². The minimum absolute atomic E-state index is 0. The zero-order valence-corrected chi connectivity index (χ0v) is 27.7. The van der Waals surface area contributed by atoms with Crippen LogP contribution in [0.5, 0.6) is 11.5 Å². The van der Waals surface area contributed by atoms with Gasteiger partial charge in [-0.1, -0.05) is 0 Å². The molecule has 0 saturated carbocycles. The summed E-state index contributed by atoms with van der Waals surface area (Å²) in [5, 5.41) is 23.8. The number of piperidine rings is 1. The number of benzene rings is 2. The van der Waals surface area contributed by atoms with Crippen LogP contribution in [0.1, 0.15) is 43.6 Å². The van der Waals surface area contributed by atoms with Gasteiger partial charge in [0.15, 0.2) is 11.5 Å². The van der Waals surface area contributed by atoms with E-state index in [1.165, 1.54) is 0 Å². The smallest absolute Gasteiger partial charge is 0.307 e. The predicted octanol–water partition coefficient (Wildman–Crippen LogP) is 7.04. The van der Waals surface area contributed by atoms with Gasteiger partial charge in [-0.15, -0.1) is 23.7 Å². The summed E-state index contributed by atoms with van der Waals surface area (Å²) in [7, 11) is 3.13. The number of hydrogen-bond donors (Lipinski definition) is 2. The van der Waals surface area contributed by atoms with E-state index in [-0.39, 0.29) is 30.7 Å². The van der Waals surface area contributed by atoms with E-state index in [4.69, 9.17) is 9.47 Å². The van der Waals surface area contributed by atoms with E-state index in [0.717, 1.165) is 34.2 Å². The predicted molar refractivity (Wildman–Crippen MR) is 184 cm³/mol. The minimum Gasteiger partial charge on any atom is -0.493 e. The lowest BCUT2D eigenvalue weighted by Gasteiger charge is -2.35. The molecule has 0 radical (unpaired) electrons. The third-order valence-corrected chi connectivity index (χ3v) is 9.23. The van der Waals surface area contributed by atoms with Crippen LogP contribution < -0.4 is 24.6 Å². The highest BCUT2D eigenvalue weighted by Gasteiger charge is 2.33. The quantitative estimate of drug-likeness (QED) is 0.189. The van der Waals surface area contributed by atoms with Gasteiger partial charge in [0.25, 0.3) is 0 Å². The molecule has 1 fully saturated rings. The van der Waals surface area contributed by atoms with Crippen molar-refractivity contribution < 1.29 is 24.2 Å². The second kappa shape index (κ2) is 16.8. The molecule has 2 N–H and O–H groups in total. The van der Waals surface area contributed by atoms with Crippen molar-refractivity contribution in [2.75, 3.05) is 55.5 Å². The number of methoxy groups -OCH3 is 2. The van der Waals surface area contributed by atoms with Gasteiger partial charge in [0.2, 0.25) is 5.91 Å². The first kappa shape index (κ1) is 35.3. The number of nitrogens with one attached hydrogen (secondary N) is 1. The van der Waals surface area contributed by atoms with Gasteiger partial charge in [-0.25, -0.2) is 0 Å². The van der Waals surface area contributed by atoms with E-state index in [0.29, 0.717) is 48.7 Å². The number of thiophene rings is 1. The Labute approximate surface area is 275 Å². The highest BCUT2D eigenvalue weighted by atomic mass is 35.5. The van der Waals surface area contributed by atoms with Crippen molar-refractivity contribution in [2.24, 2.45) is 11.8 Å². The molecule has 2 aromatic carbocycles. The molecule has 1 atom stereocenters. The summed E-state index contributed by atoms with van der Waals surface area (Å²) in [6.07, 6.45) is 3.17. The molecule has 4 rings (SSSR count). The average molecular weight is 653 g/mol. The van der Waals surface area contributed by atoms with Crippen molar-refractivity contribution in [3.63, 3.8) is 0 Å². The fraction of sp³-hybridized carbons (Fsp3) is 0.382. The standard InChI is InChI=1S/C34H40N4O5S.ClH/c1-5-37(6-2)27-10-8-26(9-11-27)36-32(39)21-29(34(40)41)23-15-17-38(18-16-23)33-14-12-28(44-33)19-25(22-35)24-7-13-30(42-3)31(20-24)43-4;/h7-14,19-20,23,29H,5-6,15-18,21H2,1-4H3,(H,36,39)(H,40,41);1H/b25-19+;. The summed E-state index contributed by atoms with van der Waals surface area (Å²) in [6, 6.07) is 19.4. The first-order valence-corrected chi connectivity index (χ1v) is 15.7. The van der Waals surface area contributed by atoms with Crippen molar-refractivity contribution in [3.8, 4) is 17.6 Å². The average Bonchev–Trinajstić information content (AvgIpc) is 3.52. The lowest BCUT2D eigenvalue weighted by Crippen LogP contribution is -2.39. The highest BCUT2D eigenvalue weighted by molar-refractivity contribution is 7.17. The Kier molecular flexibility index (Phi) is 13.1. The van der Waals surface area contributed by atoms with Crippen LogP contribution in [-0.2, 0) is 9.59 Å². The Hall–Kier alpha value is -4.20. The molecule has 0 spiro atoms. The molecule has 3 aromatic rings. The number of allylic oxidation sites excluding steroid dienone is 1. The third kappa shape index (κ3) is 8.93. The molecule has 1 unspecified atom stereocenters. The van der Waals surface area contributed by atoms with Crippen LogP contribution in [0.15, 0.2) is 54.6 Å². The zero-order valence-electron chi connectivity index (χ0n) is 26.1. The number of aliphatic carboxylic acids is 1. The second-order valence-corrected chi connectivity index (χ2v) is 11.8. The van der Waals surface area contributed by atoms with Gasteiger partial charge in [-0.3, -0.25) is 9.59 Å². The summed E-state index contributed by atoms with van der Waals surface area (Å²) >= 11 is 1.59. The van der Waals surface area contributed by atoms with E-state index in [1.54, 1.807) is 37.7 Å². The van der Waals surface area contributed by atoms with Crippen LogP contribution in [-0.4, -0.2) is 57.4 Å². The molecule has 0 bridgehead atoms. The number of carbonyl (C=O) groups is 2. The fourth-order valence-corrected chi connectivity index (χ4v) is 6.65. The third-order valence-electron chi connectivity index (χ3n) is 8.14. The molecule has 1 saturated heterocycles. The second-order valence-electron chi connectivity index (χ2n) is 10.7. The van der Waals surface area contributed by atoms with Gasteiger partial charge in [-0.05, 0) is 98.8 Å². The van der Waals surface area contributed by atoms with E-state index >= 15 is 0 Å². The molecule has 11 heteroatoms. The fourth-order valence-electron chi connectivity index (χ4n) is 5.65. The molecule has 9 nitrogen and oxygen atoms in total. The topological polar surface area (TPSA) is 115 Å². The van der Waals surface area contributed by atoms with Crippen LogP contribution >= 0.6 is 23.7 Å². The Morgan fingerprint density at radius 2 is 1.73 bits per heavy atom. The number of ether oxygens (including phenoxy) is 2. The first-order valence-electron chi connectivity index (χ1n) is 14.9. The van der Waals surface area contributed by atoms with Crippen molar-refractivity contribution in [1.29, 1.82) is 5.26 Å². The number of carboxylic acid groups (broad SMARTS) is 1. The van der Waals surface area contributed by atoms with Crippen LogP contribution in [0.3, 0.4) is 0 Å². The minimum atomic E-state index is -0.932. The molecule has 1 aromatic heterocycles. The van der Waals surface area contributed by atoms with Crippen LogP contribution in [0, 0.1) is 23.2 Å². The Balaban J connectivity index is 0.00000552. The molecule has 1 aliphatic rings. The molecule has 45 heavy (non-hydrogen) atoms. The molecular formula is C34H41ClN4O5S. The maximum atomic E-state index is 12.8. The van der Waals surface area contributed by atoms with Crippen molar-refractivity contribution in [3.05, 3.63) is 65.0 Å². The van der Waals surface area contributed by atoms with Gasteiger partial charge in [-0.2, -0.15) is 5.26 Å². The lowest BCUT2D eigenvalue weighted by molar-refractivity contribution is -0.146. The van der Waals surface area contributed by atoms with E-state index < -0.39 is 11.9 Å². The molecule has 240 valence electrons. The van der Waals surface area contributed by atoms with Crippen molar-refractivity contribution in [1.82, 2.24) is 0 Å². The number of anilines is 3. The maximum Gasteiger partial charge on any atom is 0.307 e. The SMILES string of the molecule is CCN(CC)c1ccc(NC(=O)CC(C(=O)O)C2CCN(c3ccc(/C=C(\C#N)c4ccc(OC)c(OC)c4)s3)CC2)cc1.Cl. The first-order chi connectivity index (χ1) is 21.3. The van der Waals surface area contributed by atoms with E-state index in [1.807, 2.05) is 48.5 Å². The van der Waals surface area contributed by atoms with Crippen molar-refractivity contribution >= 4 is 63.6 Å². The highest BCUT2D eigenvalue weighted by Crippen LogP contribution is 2.36. The Morgan fingerprint density at radius 3 is 2.31 bits per heavy atom. The zero-order chi connectivity index (χ0) is 31.6. The summed E-state index contributed by atoms with van der Waals surface area (Å²) in [6.45, 7) is 7.39. The number of carboxylic acids is 1. The Morgan fingerprint density at radius 1 is 1.07 bits per heavy atom. The Bertz CT molecular complexity index is 1510. The largest absolute Gasteiger partial charge is 0.493 e. The number of amides is 1. The molecular weight excluding hydrogens is 612 g/mol. The summed E-state index contributed by atoms with van der Waals surface area (Å²) < 4.78 is 10.7. The molecule has 1 amide bonds. The van der Waals surface area contributed by atoms with Gasteiger partial charge >= 0.3 is 5.97 Å². The number of hydrogen-bond acceptors (Lipinski definition) is 8. The lowest BCUT2D eigenvalue weighted by atomic mass is 9.82. The number of halogens is 1. The van der Waals surface area contributed by atoms with Gasteiger partial charge in [0.1, 0.15) is 0 Å². The molecule has 2 heterocycles. The molecule has 1 aliphatic heterocycles. The number of nitrogens with zero attached hydrogens (tertiary/aromatic N) is 3. The number of carbonyl (C=O) groups excluding carboxylic acids is 1. The summed E-state index contributed by atoms with van der Waals surface area (Å²) in [5.41, 5.74) is 3.00. The normalized spacial score (nSPS) is 14.1. The monoisotopic (exact) mass is 652 g/mol. The summed E-state index contributed by atoms with van der Waals surface area (Å²) in [5.74, 6) is -0.891. The van der Waals surface area contributed by atoms with E-state index in [9.17, 15) is 20.0 Å². The number of nitriles is 1. The van der Waals surface area contributed by atoms with Crippen LogP contribution in [0.4, 0.5) is 16.4 Å². The van der Waals surface area contributed by atoms with Crippen LogP contribution in [0.25, 0.3) is 11.6 Å². The maximum absolute atomic E-state index is 12.8.